The number of nitrogens with two attached hydrogens (primary N) is 1. The molecule has 1 unspecified atom stereocenters. The molecule has 2 N–H and O–H groups in total. The van der Waals surface area contributed by atoms with E-state index >= 15 is 0 Å². The van der Waals surface area contributed by atoms with Crippen molar-refractivity contribution < 1.29 is 0 Å². The second-order valence-electron chi connectivity index (χ2n) is 4.85. The molecule has 2 heteroatoms. The van der Waals surface area contributed by atoms with Crippen LogP contribution < -0.4 is 10.6 Å². The SMILES string of the molecule is CCc1ccc(N2CCC(C)(N)C2)cc1. The molecule has 0 spiro atoms. The number of hydrogen-bond acceptors (Lipinski definition) is 2. The molecule has 0 aromatic heterocycles. The van der Waals surface area contributed by atoms with E-state index in [2.05, 4.69) is 43.0 Å². The topological polar surface area (TPSA) is 29.3 Å². The van der Waals surface area contributed by atoms with Crippen molar-refractivity contribution in [1.29, 1.82) is 0 Å². The Kier molecular flexibility index (Phi) is 2.70. The lowest BCUT2D eigenvalue weighted by Crippen LogP contribution is -2.39. The van der Waals surface area contributed by atoms with Crippen LogP contribution in [-0.4, -0.2) is 18.6 Å². The van der Waals surface area contributed by atoms with Crippen LogP contribution in [0.25, 0.3) is 0 Å². The van der Waals surface area contributed by atoms with E-state index in [1.54, 1.807) is 0 Å². The van der Waals surface area contributed by atoms with Gasteiger partial charge in [-0.25, -0.2) is 0 Å². The summed E-state index contributed by atoms with van der Waals surface area (Å²) >= 11 is 0. The van der Waals surface area contributed by atoms with Crippen LogP contribution in [0, 0.1) is 0 Å². The van der Waals surface area contributed by atoms with Crippen LogP contribution >= 0.6 is 0 Å². The van der Waals surface area contributed by atoms with E-state index in [1.165, 1.54) is 11.3 Å². The summed E-state index contributed by atoms with van der Waals surface area (Å²) in [7, 11) is 0. The Bertz CT molecular complexity index is 327. The summed E-state index contributed by atoms with van der Waals surface area (Å²) in [6, 6.07) is 8.84. The van der Waals surface area contributed by atoms with Gasteiger partial charge in [0.2, 0.25) is 0 Å². The van der Waals surface area contributed by atoms with Crippen molar-refractivity contribution in [2.45, 2.75) is 32.2 Å². The number of anilines is 1. The first-order chi connectivity index (χ1) is 7.11. The van der Waals surface area contributed by atoms with Crippen molar-refractivity contribution in [2.24, 2.45) is 5.73 Å². The molecule has 1 fully saturated rings. The molecule has 1 heterocycles. The van der Waals surface area contributed by atoms with Gasteiger partial charge in [-0.05, 0) is 37.5 Å². The highest BCUT2D eigenvalue weighted by Crippen LogP contribution is 2.25. The quantitative estimate of drug-likeness (QED) is 0.800. The van der Waals surface area contributed by atoms with E-state index in [9.17, 15) is 0 Å². The predicted molar refractivity (Wildman–Crippen MR) is 65.2 cm³/mol. The lowest BCUT2D eigenvalue weighted by atomic mass is 10.0. The van der Waals surface area contributed by atoms with Gasteiger partial charge in [0, 0.05) is 24.3 Å². The first-order valence-electron chi connectivity index (χ1n) is 5.73. The van der Waals surface area contributed by atoms with E-state index in [0.29, 0.717) is 0 Å². The van der Waals surface area contributed by atoms with Crippen molar-refractivity contribution in [3.05, 3.63) is 29.8 Å². The van der Waals surface area contributed by atoms with Crippen LogP contribution in [0.5, 0.6) is 0 Å². The Hall–Kier alpha value is -1.02. The number of aryl methyl sites for hydroxylation is 1. The Morgan fingerprint density at radius 1 is 1.33 bits per heavy atom. The average Bonchev–Trinajstić information content (AvgIpc) is 2.59. The maximum Gasteiger partial charge on any atom is 0.0367 e. The van der Waals surface area contributed by atoms with Gasteiger partial charge in [-0.15, -0.1) is 0 Å². The third-order valence-electron chi connectivity index (χ3n) is 3.21. The molecular weight excluding hydrogens is 184 g/mol. The fraction of sp³-hybridized carbons (Fsp3) is 0.538. The summed E-state index contributed by atoms with van der Waals surface area (Å²) in [5.74, 6) is 0. The Morgan fingerprint density at radius 2 is 2.00 bits per heavy atom. The Labute approximate surface area is 92.1 Å². The fourth-order valence-electron chi connectivity index (χ4n) is 2.15. The van der Waals surface area contributed by atoms with Gasteiger partial charge in [0.1, 0.15) is 0 Å². The third kappa shape index (κ3) is 2.32. The zero-order valence-corrected chi connectivity index (χ0v) is 9.66. The average molecular weight is 204 g/mol. The van der Waals surface area contributed by atoms with E-state index in [0.717, 1.165) is 25.9 Å². The van der Waals surface area contributed by atoms with Crippen molar-refractivity contribution in [3.8, 4) is 0 Å². The van der Waals surface area contributed by atoms with E-state index in [-0.39, 0.29) is 5.54 Å². The predicted octanol–water partition coefficient (Wildman–Crippen LogP) is 2.18. The largest absolute Gasteiger partial charge is 0.370 e. The molecule has 0 saturated carbocycles. The van der Waals surface area contributed by atoms with Gasteiger partial charge in [-0.1, -0.05) is 19.1 Å². The second kappa shape index (κ2) is 3.86. The van der Waals surface area contributed by atoms with Crippen LogP contribution in [0.15, 0.2) is 24.3 Å². The molecule has 0 bridgehead atoms. The number of nitrogens with zero attached hydrogens (tertiary/aromatic N) is 1. The minimum atomic E-state index is -0.0105. The summed E-state index contributed by atoms with van der Waals surface area (Å²) in [6.45, 7) is 6.37. The molecule has 2 nitrogen and oxygen atoms in total. The van der Waals surface area contributed by atoms with Crippen molar-refractivity contribution in [2.75, 3.05) is 18.0 Å². The highest BCUT2D eigenvalue weighted by Gasteiger charge is 2.29. The maximum atomic E-state index is 6.12. The van der Waals surface area contributed by atoms with E-state index in [4.69, 9.17) is 5.73 Å². The van der Waals surface area contributed by atoms with Crippen LogP contribution in [-0.2, 0) is 6.42 Å². The third-order valence-corrected chi connectivity index (χ3v) is 3.21. The van der Waals surface area contributed by atoms with E-state index in [1.807, 2.05) is 0 Å². The van der Waals surface area contributed by atoms with Gasteiger partial charge in [0.25, 0.3) is 0 Å². The summed E-state index contributed by atoms with van der Waals surface area (Å²) < 4.78 is 0. The molecule has 0 radical (unpaired) electrons. The molecule has 1 atom stereocenters. The molecule has 15 heavy (non-hydrogen) atoms. The normalized spacial score (nSPS) is 25.9. The van der Waals surface area contributed by atoms with Gasteiger partial charge in [-0.3, -0.25) is 0 Å². The van der Waals surface area contributed by atoms with Crippen LogP contribution in [0.1, 0.15) is 25.8 Å². The number of hydrogen-bond donors (Lipinski definition) is 1. The summed E-state index contributed by atoms with van der Waals surface area (Å²) in [5, 5.41) is 0. The minimum Gasteiger partial charge on any atom is -0.370 e. The first kappa shape index (κ1) is 10.5. The Balaban J connectivity index is 2.11. The van der Waals surface area contributed by atoms with Gasteiger partial charge >= 0.3 is 0 Å². The smallest absolute Gasteiger partial charge is 0.0367 e. The zero-order chi connectivity index (χ0) is 10.9. The molecule has 1 aliphatic heterocycles. The van der Waals surface area contributed by atoms with Crippen LogP contribution in [0.3, 0.4) is 0 Å². The molecular formula is C13H20N2. The van der Waals surface area contributed by atoms with Crippen molar-refractivity contribution in [3.63, 3.8) is 0 Å². The summed E-state index contributed by atoms with van der Waals surface area (Å²) in [4.78, 5) is 2.37. The fourth-order valence-corrected chi connectivity index (χ4v) is 2.15. The molecule has 1 aromatic rings. The van der Waals surface area contributed by atoms with Crippen molar-refractivity contribution >= 4 is 5.69 Å². The highest BCUT2D eigenvalue weighted by atomic mass is 15.2. The van der Waals surface area contributed by atoms with Crippen molar-refractivity contribution in [1.82, 2.24) is 0 Å². The zero-order valence-electron chi connectivity index (χ0n) is 9.66. The lowest BCUT2D eigenvalue weighted by Gasteiger charge is -2.21. The minimum absolute atomic E-state index is 0.0105. The standard InChI is InChI=1S/C13H20N2/c1-3-11-4-6-12(7-5-11)15-9-8-13(2,14)10-15/h4-7H,3,8-10,14H2,1-2H3. The molecule has 0 aliphatic carbocycles. The second-order valence-corrected chi connectivity index (χ2v) is 4.85. The molecule has 1 aromatic carbocycles. The van der Waals surface area contributed by atoms with E-state index < -0.39 is 0 Å². The number of rotatable bonds is 2. The molecule has 2 rings (SSSR count). The molecule has 82 valence electrons. The lowest BCUT2D eigenvalue weighted by molar-refractivity contribution is 0.525. The summed E-state index contributed by atoms with van der Waals surface area (Å²) in [6.07, 6.45) is 2.19. The first-order valence-corrected chi connectivity index (χ1v) is 5.73. The molecule has 0 amide bonds. The highest BCUT2D eigenvalue weighted by molar-refractivity contribution is 5.49. The van der Waals surface area contributed by atoms with Crippen LogP contribution in [0.2, 0.25) is 0 Å². The van der Waals surface area contributed by atoms with Crippen LogP contribution in [0.4, 0.5) is 5.69 Å². The molecule has 1 saturated heterocycles. The van der Waals surface area contributed by atoms with Gasteiger partial charge < -0.3 is 10.6 Å². The van der Waals surface area contributed by atoms with Gasteiger partial charge in [0.15, 0.2) is 0 Å². The summed E-state index contributed by atoms with van der Waals surface area (Å²) in [5.41, 5.74) is 8.81. The number of benzene rings is 1. The monoisotopic (exact) mass is 204 g/mol. The Morgan fingerprint density at radius 3 is 2.47 bits per heavy atom. The van der Waals surface area contributed by atoms with Gasteiger partial charge in [-0.2, -0.15) is 0 Å². The molecule has 1 aliphatic rings. The van der Waals surface area contributed by atoms with Gasteiger partial charge in [0.05, 0.1) is 0 Å². The maximum absolute atomic E-state index is 6.12.